The molecule has 0 spiro atoms. The first-order chi connectivity index (χ1) is 8.60. The van der Waals surface area contributed by atoms with Crippen LogP contribution in [0.1, 0.15) is 16.1 Å². The van der Waals surface area contributed by atoms with Crippen LogP contribution < -0.4 is 10.1 Å². The quantitative estimate of drug-likeness (QED) is 0.939. The van der Waals surface area contributed by atoms with Crippen LogP contribution in [-0.4, -0.2) is 18.0 Å². The lowest BCUT2D eigenvalue weighted by molar-refractivity contribution is 0.102. The maximum atomic E-state index is 12.1. The Morgan fingerprint density at radius 3 is 2.89 bits per heavy atom. The second kappa shape index (κ2) is 5.37. The number of hydrogen-bond donors (Lipinski definition) is 1. The third-order valence-corrected chi connectivity index (χ3v) is 3.36. The van der Waals surface area contributed by atoms with Gasteiger partial charge in [-0.2, -0.15) is 0 Å². The highest BCUT2D eigenvalue weighted by atomic mass is 35.5. The van der Waals surface area contributed by atoms with Crippen LogP contribution in [0.2, 0.25) is 5.02 Å². The fourth-order valence-electron chi connectivity index (χ4n) is 1.43. The van der Waals surface area contributed by atoms with Gasteiger partial charge in [0.25, 0.3) is 5.91 Å². The Morgan fingerprint density at radius 2 is 2.28 bits per heavy atom. The molecule has 0 saturated carbocycles. The lowest BCUT2D eigenvalue weighted by Gasteiger charge is -2.08. The van der Waals surface area contributed by atoms with Gasteiger partial charge in [-0.15, -0.1) is 11.3 Å². The van der Waals surface area contributed by atoms with Crippen LogP contribution in [0.3, 0.4) is 0 Å². The van der Waals surface area contributed by atoms with E-state index in [1.165, 1.54) is 18.4 Å². The molecule has 1 aromatic heterocycles. The van der Waals surface area contributed by atoms with Crippen LogP contribution in [0, 0.1) is 6.92 Å². The van der Waals surface area contributed by atoms with E-state index in [0.717, 1.165) is 5.69 Å². The Labute approximate surface area is 114 Å². The van der Waals surface area contributed by atoms with E-state index in [2.05, 4.69) is 10.3 Å². The molecule has 0 saturated heterocycles. The van der Waals surface area contributed by atoms with Crippen molar-refractivity contribution in [2.75, 3.05) is 12.4 Å². The van der Waals surface area contributed by atoms with E-state index in [4.69, 9.17) is 16.3 Å². The molecule has 1 heterocycles. The number of carbonyl (C=O) groups excluding carboxylic acids is 1. The van der Waals surface area contributed by atoms with Gasteiger partial charge in [-0.25, -0.2) is 4.98 Å². The van der Waals surface area contributed by atoms with Gasteiger partial charge in [0.1, 0.15) is 5.75 Å². The van der Waals surface area contributed by atoms with E-state index >= 15 is 0 Å². The molecule has 18 heavy (non-hydrogen) atoms. The number of methoxy groups -OCH3 is 1. The fourth-order valence-corrected chi connectivity index (χ4v) is 2.29. The summed E-state index contributed by atoms with van der Waals surface area (Å²) in [5, 5.41) is 5.61. The van der Waals surface area contributed by atoms with Crippen molar-refractivity contribution in [3.05, 3.63) is 39.9 Å². The van der Waals surface area contributed by atoms with Crippen LogP contribution in [0.5, 0.6) is 5.75 Å². The first-order valence-electron chi connectivity index (χ1n) is 5.17. The largest absolute Gasteiger partial charge is 0.496 e. The molecule has 1 N–H and O–H groups in total. The minimum absolute atomic E-state index is 0.288. The van der Waals surface area contributed by atoms with Crippen LogP contribution in [0.4, 0.5) is 5.13 Å². The molecule has 0 atom stereocenters. The Balaban J connectivity index is 2.25. The summed E-state index contributed by atoms with van der Waals surface area (Å²) >= 11 is 7.25. The van der Waals surface area contributed by atoms with Crippen LogP contribution >= 0.6 is 22.9 Å². The number of nitrogens with zero attached hydrogens (tertiary/aromatic N) is 1. The molecule has 2 aromatic rings. The van der Waals surface area contributed by atoms with Crippen molar-refractivity contribution in [3.8, 4) is 5.75 Å². The zero-order valence-electron chi connectivity index (χ0n) is 9.86. The molecule has 6 heteroatoms. The van der Waals surface area contributed by atoms with Crippen molar-refractivity contribution in [2.45, 2.75) is 6.92 Å². The van der Waals surface area contributed by atoms with Crippen molar-refractivity contribution in [3.63, 3.8) is 0 Å². The first-order valence-corrected chi connectivity index (χ1v) is 6.43. The van der Waals surface area contributed by atoms with Crippen LogP contribution in [0.15, 0.2) is 23.6 Å². The smallest absolute Gasteiger partial charge is 0.261 e. The summed E-state index contributed by atoms with van der Waals surface area (Å²) in [5.74, 6) is 0.189. The van der Waals surface area contributed by atoms with Gasteiger partial charge in [-0.3, -0.25) is 10.1 Å². The number of amides is 1. The first kappa shape index (κ1) is 12.9. The molecule has 94 valence electrons. The van der Waals surface area contributed by atoms with E-state index in [9.17, 15) is 4.79 Å². The number of aryl methyl sites for hydroxylation is 1. The Morgan fingerprint density at radius 1 is 1.50 bits per heavy atom. The lowest BCUT2D eigenvalue weighted by Crippen LogP contribution is -2.13. The SMILES string of the molecule is COc1ccc(Cl)cc1C(=O)Nc1nc(C)cs1. The zero-order chi connectivity index (χ0) is 13.1. The summed E-state index contributed by atoms with van der Waals surface area (Å²) in [7, 11) is 1.51. The van der Waals surface area contributed by atoms with Gasteiger partial charge in [0.2, 0.25) is 0 Å². The second-order valence-electron chi connectivity index (χ2n) is 3.59. The van der Waals surface area contributed by atoms with Gasteiger partial charge in [-0.1, -0.05) is 11.6 Å². The summed E-state index contributed by atoms with van der Waals surface area (Å²) in [6, 6.07) is 4.89. The average molecular weight is 283 g/mol. The molecule has 0 fully saturated rings. The highest BCUT2D eigenvalue weighted by Crippen LogP contribution is 2.24. The molecular formula is C12H11ClN2O2S. The number of carbonyl (C=O) groups is 1. The Bertz CT molecular complexity index is 583. The monoisotopic (exact) mass is 282 g/mol. The van der Waals surface area contributed by atoms with E-state index < -0.39 is 0 Å². The topological polar surface area (TPSA) is 51.2 Å². The molecule has 0 radical (unpaired) electrons. The zero-order valence-corrected chi connectivity index (χ0v) is 11.4. The lowest BCUT2D eigenvalue weighted by atomic mass is 10.2. The van der Waals surface area contributed by atoms with Gasteiger partial charge in [0.05, 0.1) is 18.4 Å². The molecular weight excluding hydrogens is 272 g/mol. The normalized spacial score (nSPS) is 10.2. The average Bonchev–Trinajstić information content (AvgIpc) is 2.74. The van der Waals surface area contributed by atoms with Gasteiger partial charge in [0.15, 0.2) is 5.13 Å². The fraction of sp³-hybridized carbons (Fsp3) is 0.167. The van der Waals surface area contributed by atoms with Gasteiger partial charge < -0.3 is 4.74 Å². The minimum atomic E-state index is -0.288. The van der Waals surface area contributed by atoms with Crippen molar-refractivity contribution in [1.82, 2.24) is 4.98 Å². The number of aromatic nitrogens is 1. The maximum Gasteiger partial charge on any atom is 0.261 e. The van der Waals surface area contributed by atoms with Crippen molar-refractivity contribution in [2.24, 2.45) is 0 Å². The molecule has 0 aliphatic carbocycles. The van der Waals surface area contributed by atoms with Crippen molar-refractivity contribution < 1.29 is 9.53 Å². The van der Waals surface area contributed by atoms with Gasteiger partial charge in [0, 0.05) is 10.4 Å². The summed E-state index contributed by atoms with van der Waals surface area (Å²) in [5.41, 5.74) is 1.26. The Kier molecular flexibility index (Phi) is 3.84. The summed E-state index contributed by atoms with van der Waals surface area (Å²) in [4.78, 5) is 16.2. The third kappa shape index (κ3) is 2.80. The predicted octanol–water partition coefficient (Wildman–Crippen LogP) is 3.37. The van der Waals surface area contributed by atoms with E-state index in [1.807, 2.05) is 12.3 Å². The van der Waals surface area contributed by atoms with Crippen LogP contribution in [-0.2, 0) is 0 Å². The number of rotatable bonds is 3. The van der Waals surface area contributed by atoms with Crippen LogP contribution in [0.25, 0.3) is 0 Å². The number of nitrogens with one attached hydrogen (secondary N) is 1. The molecule has 0 unspecified atom stereocenters. The number of anilines is 1. The highest BCUT2D eigenvalue weighted by Gasteiger charge is 2.14. The number of halogens is 1. The summed E-state index contributed by atoms with van der Waals surface area (Å²) in [6.45, 7) is 1.87. The predicted molar refractivity (Wildman–Crippen MR) is 72.8 cm³/mol. The Hall–Kier alpha value is -1.59. The molecule has 0 bridgehead atoms. The van der Waals surface area contributed by atoms with E-state index in [0.29, 0.717) is 21.5 Å². The molecule has 1 aromatic carbocycles. The minimum Gasteiger partial charge on any atom is -0.496 e. The number of ether oxygens (including phenoxy) is 1. The maximum absolute atomic E-state index is 12.1. The molecule has 2 rings (SSSR count). The molecule has 0 aliphatic rings. The summed E-state index contributed by atoms with van der Waals surface area (Å²) < 4.78 is 5.13. The standard InChI is InChI=1S/C12H11ClN2O2S/c1-7-6-18-12(14-7)15-11(16)9-5-8(13)3-4-10(9)17-2/h3-6H,1-2H3,(H,14,15,16). The molecule has 0 aliphatic heterocycles. The van der Waals surface area contributed by atoms with Crippen molar-refractivity contribution in [1.29, 1.82) is 0 Å². The van der Waals surface area contributed by atoms with Gasteiger partial charge >= 0.3 is 0 Å². The molecule has 1 amide bonds. The summed E-state index contributed by atoms with van der Waals surface area (Å²) in [6.07, 6.45) is 0. The third-order valence-electron chi connectivity index (χ3n) is 2.25. The second-order valence-corrected chi connectivity index (χ2v) is 4.89. The number of hydrogen-bond acceptors (Lipinski definition) is 4. The number of benzene rings is 1. The van der Waals surface area contributed by atoms with E-state index in [-0.39, 0.29) is 5.91 Å². The van der Waals surface area contributed by atoms with Gasteiger partial charge in [-0.05, 0) is 25.1 Å². The highest BCUT2D eigenvalue weighted by molar-refractivity contribution is 7.13. The molecule has 4 nitrogen and oxygen atoms in total. The van der Waals surface area contributed by atoms with E-state index in [1.54, 1.807) is 18.2 Å². The number of thiazole rings is 1. The van der Waals surface area contributed by atoms with Crippen molar-refractivity contribution >= 4 is 34.0 Å².